The molecular formula is C25H30N2O3S. The largest absolute Gasteiger partial charge is 0.347 e. The van der Waals surface area contributed by atoms with E-state index >= 15 is 0 Å². The highest BCUT2D eigenvalue weighted by Gasteiger charge is 2.51. The van der Waals surface area contributed by atoms with Crippen LogP contribution >= 0.6 is 0 Å². The lowest BCUT2D eigenvalue weighted by molar-refractivity contribution is -0.0167. The zero-order valence-electron chi connectivity index (χ0n) is 18.0. The normalized spacial score (nSPS) is 29.0. The van der Waals surface area contributed by atoms with E-state index in [1.165, 1.54) is 23.6 Å². The van der Waals surface area contributed by atoms with Crippen molar-refractivity contribution in [3.63, 3.8) is 0 Å². The summed E-state index contributed by atoms with van der Waals surface area (Å²) >= 11 is 0. The molecule has 6 rings (SSSR count). The molecule has 0 radical (unpaired) electrons. The maximum absolute atomic E-state index is 13.1. The Hall–Kier alpha value is -2.34. The van der Waals surface area contributed by atoms with E-state index in [1.807, 2.05) is 6.92 Å². The Morgan fingerprint density at radius 3 is 2.00 bits per heavy atom. The van der Waals surface area contributed by atoms with Gasteiger partial charge in [-0.3, -0.25) is 9.10 Å². The lowest BCUT2D eigenvalue weighted by Gasteiger charge is -2.56. The number of sulfonamides is 1. The number of hydrogen-bond acceptors (Lipinski definition) is 3. The van der Waals surface area contributed by atoms with Crippen molar-refractivity contribution in [2.24, 2.45) is 17.8 Å². The van der Waals surface area contributed by atoms with E-state index in [0.717, 1.165) is 37.0 Å². The Kier molecular flexibility index (Phi) is 5.08. The summed E-state index contributed by atoms with van der Waals surface area (Å²) in [5.74, 6) is 2.28. The monoisotopic (exact) mass is 438 g/mol. The molecule has 2 aromatic rings. The number of carbonyl (C=O) groups is 1. The molecule has 0 heterocycles. The van der Waals surface area contributed by atoms with Crippen molar-refractivity contribution in [1.82, 2.24) is 5.32 Å². The van der Waals surface area contributed by atoms with Gasteiger partial charge in [-0.15, -0.1) is 0 Å². The van der Waals surface area contributed by atoms with Gasteiger partial charge in [-0.2, -0.15) is 0 Å². The van der Waals surface area contributed by atoms with Crippen LogP contribution in [0.25, 0.3) is 0 Å². The minimum absolute atomic E-state index is 0.0311. The highest BCUT2D eigenvalue weighted by Crippen LogP contribution is 2.55. The van der Waals surface area contributed by atoms with Crippen LogP contribution < -0.4 is 9.62 Å². The highest BCUT2D eigenvalue weighted by atomic mass is 32.2. The molecule has 0 saturated heterocycles. The molecule has 5 nitrogen and oxygen atoms in total. The van der Waals surface area contributed by atoms with E-state index < -0.39 is 10.0 Å². The second-order valence-corrected chi connectivity index (χ2v) is 11.5. The summed E-state index contributed by atoms with van der Waals surface area (Å²) in [4.78, 5) is 13.3. The molecular weight excluding hydrogens is 408 g/mol. The first kappa shape index (κ1) is 20.6. The second kappa shape index (κ2) is 7.66. The van der Waals surface area contributed by atoms with Crippen LogP contribution in [0.5, 0.6) is 0 Å². The third-order valence-corrected chi connectivity index (χ3v) is 9.37. The Morgan fingerprint density at radius 1 is 0.935 bits per heavy atom. The van der Waals surface area contributed by atoms with Crippen LogP contribution in [0, 0.1) is 17.8 Å². The first-order valence-corrected chi connectivity index (χ1v) is 12.8. The first-order valence-electron chi connectivity index (χ1n) is 11.4. The van der Waals surface area contributed by atoms with Gasteiger partial charge in [-0.25, -0.2) is 8.42 Å². The van der Waals surface area contributed by atoms with Crippen molar-refractivity contribution < 1.29 is 13.2 Å². The number of carbonyl (C=O) groups excluding carboxylic acids is 1. The molecule has 4 aliphatic rings. The number of benzene rings is 2. The van der Waals surface area contributed by atoms with Gasteiger partial charge in [0.1, 0.15) is 0 Å². The van der Waals surface area contributed by atoms with E-state index in [1.54, 1.807) is 54.6 Å². The molecule has 0 unspecified atom stereocenters. The average Bonchev–Trinajstić information content (AvgIpc) is 2.74. The zero-order valence-corrected chi connectivity index (χ0v) is 18.8. The van der Waals surface area contributed by atoms with Crippen molar-refractivity contribution in [1.29, 1.82) is 0 Å². The molecule has 0 spiro atoms. The highest BCUT2D eigenvalue weighted by molar-refractivity contribution is 7.92. The predicted molar refractivity (Wildman–Crippen MR) is 121 cm³/mol. The van der Waals surface area contributed by atoms with Gasteiger partial charge in [0, 0.05) is 17.6 Å². The number of hydrogen-bond donors (Lipinski definition) is 1. The summed E-state index contributed by atoms with van der Waals surface area (Å²) in [6, 6.07) is 15.4. The van der Waals surface area contributed by atoms with Gasteiger partial charge >= 0.3 is 0 Å². The van der Waals surface area contributed by atoms with E-state index in [4.69, 9.17) is 0 Å². The van der Waals surface area contributed by atoms with Crippen molar-refractivity contribution in [2.75, 3.05) is 10.8 Å². The minimum atomic E-state index is -3.64. The molecule has 4 fully saturated rings. The van der Waals surface area contributed by atoms with Gasteiger partial charge in [-0.05, 0) is 99.6 Å². The number of amides is 1. The molecule has 2 aromatic carbocycles. The molecule has 4 bridgehead atoms. The molecule has 1 amide bonds. The standard InChI is InChI=1S/C25H30N2O3S/c1-2-27(31(29,30)23-6-4-3-5-7-23)22-10-8-21(9-11-22)24(28)26-25-15-18-12-19(16-25)14-20(13-18)17-25/h3-11,18-20H,2,12-17H2,1H3,(H,26,28). The van der Waals surface area contributed by atoms with Gasteiger partial charge in [0.2, 0.25) is 0 Å². The van der Waals surface area contributed by atoms with Crippen LogP contribution in [0.4, 0.5) is 5.69 Å². The molecule has 1 N–H and O–H groups in total. The summed E-state index contributed by atoms with van der Waals surface area (Å²) in [6.45, 7) is 2.13. The third kappa shape index (κ3) is 3.75. The molecule has 0 aliphatic heterocycles. The van der Waals surface area contributed by atoms with Gasteiger partial charge < -0.3 is 5.32 Å². The molecule has 31 heavy (non-hydrogen) atoms. The van der Waals surface area contributed by atoms with Gasteiger partial charge in [0.05, 0.1) is 10.6 Å². The van der Waals surface area contributed by atoms with Gasteiger partial charge in [-0.1, -0.05) is 18.2 Å². The molecule has 4 saturated carbocycles. The quantitative estimate of drug-likeness (QED) is 0.717. The number of anilines is 1. The third-order valence-electron chi connectivity index (χ3n) is 7.45. The Balaban J connectivity index is 1.33. The van der Waals surface area contributed by atoms with E-state index in [2.05, 4.69) is 5.32 Å². The fourth-order valence-electron chi connectivity index (χ4n) is 6.57. The topological polar surface area (TPSA) is 66.5 Å². The van der Waals surface area contributed by atoms with Crippen LogP contribution in [0.1, 0.15) is 55.8 Å². The predicted octanol–water partition coefficient (Wildman–Crippen LogP) is 4.60. The lowest BCUT2D eigenvalue weighted by atomic mass is 9.53. The summed E-state index contributed by atoms with van der Waals surface area (Å²) in [5.41, 5.74) is 1.13. The van der Waals surface area contributed by atoms with Gasteiger partial charge in [0.25, 0.3) is 15.9 Å². The van der Waals surface area contributed by atoms with Crippen molar-refractivity contribution in [2.45, 2.75) is 55.9 Å². The molecule has 0 aromatic heterocycles. The summed E-state index contributed by atoms with van der Waals surface area (Å²) < 4.78 is 27.5. The fourth-order valence-corrected chi connectivity index (χ4v) is 8.06. The Labute approximate surface area is 184 Å². The number of rotatable bonds is 6. The molecule has 164 valence electrons. The molecule has 0 atom stereocenters. The van der Waals surface area contributed by atoms with Crippen LogP contribution in [0.15, 0.2) is 59.5 Å². The molecule has 6 heteroatoms. The first-order chi connectivity index (χ1) is 14.9. The van der Waals surface area contributed by atoms with Crippen molar-refractivity contribution in [3.05, 3.63) is 60.2 Å². The van der Waals surface area contributed by atoms with Crippen molar-refractivity contribution in [3.8, 4) is 0 Å². The number of nitrogens with zero attached hydrogens (tertiary/aromatic N) is 1. The maximum atomic E-state index is 13.1. The van der Waals surface area contributed by atoms with Crippen LogP contribution in [0.2, 0.25) is 0 Å². The second-order valence-electron chi connectivity index (χ2n) is 9.68. The van der Waals surface area contributed by atoms with E-state index in [-0.39, 0.29) is 16.3 Å². The SMILES string of the molecule is CCN(c1ccc(C(=O)NC23CC4CC(CC(C4)C2)C3)cc1)S(=O)(=O)c1ccccc1. The Bertz CT molecular complexity index is 1030. The maximum Gasteiger partial charge on any atom is 0.264 e. The fraction of sp³-hybridized carbons (Fsp3) is 0.480. The Morgan fingerprint density at radius 2 is 1.48 bits per heavy atom. The summed E-state index contributed by atoms with van der Waals surface area (Å²) in [7, 11) is -3.64. The van der Waals surface area contributed by atoms with Crippen LogP contribution in [-0.2, 0) is 10.0 Å². The summed E-state index contributed by atoms with van der Waals surface area (Å²) in [5, 5.41) is 3.39. The van der Waals surface area contributed by atoms with Crippen LogP contribution in [-0.4, -0.2) is 26.4 Å². The van der Waals surface area contributed by atoms with E-state index in [9.17, 15) is 13.2 Å². The number of nitrogens with one attached hydrogen (secondary N) is 1. The molecule has 4 aliphatic carbocycles. The lowest BCUT2D eigenvalue weighted by Crippen LogP contribution is -2.59. The average molecular weight is 439 g/mol. The minimum Gasteiger partial charge on any atom is -0.347 e. The van der Waals surface area contributed by atoms with E-state index in [0.29, 0.717) is 17.8 Å². The zero-order chi connectivity index (χ0) is 21.6. The van der Waals surface area contributed by atoms with Gasteiger partial charge in [0.15, 0.2) is 0 Å². The summed E-state index contributed by atoms with van der Waals surface area (Å²) in [6.07, 6.45) is 7.36. The smallest absolute Gasteiger partial charge is 0.264 e. The van der Waals surface area contributed by atoms with Crippen LogP contribution in [0.3, 0.4) is 0 Å². The van der Waals surface area contributed by atoms with Crippen molar-refractivity contribution >= 4 is 21.6 Å².